The Morgan fingerprint density at radius 1 is 0.846 bits per heavy atom. The van der Waals surface area contributed by atoms with E-state index in [2.05, 4.69) is 10.1 Å². The van der Waals surface area contributed by atoms with E-state index >= 15 is 0 Å². The molecule has 0 atom stereocenters. The quantitative estimate of drug-likeness (QED) is 0.584. The molecule has 4 rings (SSSR count). The lowest BCUT2D eigenvalue weighted by Gasteiger charge is -2.04. The smallest absolute Gasteiger partial charge is 0.258 e. The summed E-state index contributed by atoms with van der Waals surface area (Å²) in [5, 5.41) is 3.99. The second-order valence-corrected chi connectivity index (χ2v) is 5.88. The highest BCUT2D eigenvalue weighted by atomic mass is 19.1. The summed E-state index contributed by atoms with van der Waals surface area (Å²) in [7, 11) is 0. The third-order valence-corrected chi connectivity index (χ3v) is 4.17. The van der Waals surface area contributed by atoms with E-state index in [1.165, 1.54) is 6.07 Å². The fraction of sp³-hybridized carbons (Fsp3) is 0.0476. The minimum absolute atomic E-state index is 0.279. The standard InChI is InChI=1S/C21H16FN3O/c22-19-12-17(10-11-18(19)15-4-2-1-3-5-15)21-24-20(25-26-21)16-8-6-14(13-23)7-9-16/h1-12H,13,23H2. The molecule has 26 heavy (non-hydrogen) atoms. The number of hydrogen-bond acceptors (Lipinski definition) is 4. The van der Waals surface area contributed by atoms with Crippen molar-refractivity contribution in [2.24, 2.45) is 5.73 Å². The number of hydrogen-bond donors (Lipinski definition) is 1. The molecule has 0 aliphatic rings. The highest BCUT2D eigenvalue weighted by Gasteiger charge is 2.13. The van der Waals surface area contributed by atoms with Crippen molar-refractivity contribution in [2.75, 3.05) is 0 Å². The van der Waals surface area contributed by atoms with Crippen molar-refractivity contribution in [3.63, 3.8) is 0 Å². The third kappa shape index (κ3) is 3.12. The maximum Gasteiger partial charge on any atom is 0.258 e. The van der Waals surface area contributed by atoms with Gasteiger partial charge in [0.2, 0.25) is 5.82 Å². The van der Waals surface area contributed by atoms with Gasteiger partial charge in [0.05, 0.1) is 0 Å². The number of halogens is 1. The Morgan fingerprint density at radius 3 is 2.27 bits per heavy atom. The average molecular weight is 345 g/mol. The van der Waals surface area contributed by atoms with Gasteiger partial charge in [-0.3, -0.25) is 0 Å². The number of rotatable bonds is 4. The number of nitrogens with zero attached hydrogens (tertiary/aromatic N) is 2. The van der Waals surface area contributed by atoms with Crippen LogP contribution in [0.5, 0.6) is 0 Å². The fourth-order valence-corrected chi connectivity index (χ4v) is 2.75. The molecule has 4 nitrogen and oxygen atoms in total. The molecule has 1 aromatic heterocycles. The van der Waals surface area contributed by atoms with Gasteiger partial charge in [0, 0.05) is 23.2 Å². The molecular formula is C21H16FN3O. The first-order valence-electron chi connectivity index (χ1n) is 8.23. The summed E-state index contributed by atoms with van der Waals surface area (Å²) < 4.78 is 19.8. The third-order valence-electron chi connectivity index (χ3n) is 4.17. The van der Waals surface area contributed by atoms with Gasteiger partial charge in [0.1, 0.15) is 5.82 Å². The molecule has 0 saturated carbocycles. The lowest BCUT2D eigenvalue weighted by Crippen LogP contribution is -1.95. The van der Waals surface area contributed by atoms with Crippen molar-refractivity contribution in [2.45, 2.75) is 6.54 Å². The molecule has 4 aromatic rings. The lowest BCUT2D eigenvalue weighted by atomic mass is 10.0. The molecule has 0 saturated heterocycles. The van der Waals surface area contributed by atoms with Crippen molar-refractivity contribution in [1.29, 1.82) is 0 Å². The van der Waals surface area contributed by atoms with Crippen LogP contribution in [0, 0.1) is 5.82 Å². The summed E-state index contributed by atoms with van der Waals surface area (Å²) in [6.45, 7) is 0.477. The fourth-order valence-electron chi connectivity index (χ4n) is 2.75. The van der Waals surface area contributed by atoms with E-state index in [4.69, 9.17) is 10.3 Å². The molecule has 128 valence electrons. The Labute approximate surface area is 150 Å². The summed E-state index contributed by atoms with van der Waals surface area (Å²) in [6, 6.07) is 21.9. The van der Waals surface area contributed by atoms with Gasteiger partial charge < -0.3 is 10.3 Å². The minimum atomic E-state index is -0.333. The minimum Gasteiger partial charge on any atom is -0.334 e. The highest BCUT2D eigenvalue weighted by Crippen LogP contribution is 2.28. The van der Waals surface area contributed by atoms with Crippen LogP contribution in [0.25, 0.3) is 34.0 Å². The molecule has 0 unspecified atom stereocenters. The van der Waals surface area contributed by atoms with Crippen molar-refractivity contribution in [3.8, 4) is 34.0 Å². The average Bonchev–Trinajstić information content (AvgIpc) is 3.19. The van der Waals surface area contributed by atoms with E-state index in [-0.39, 0.29) is 11.7 Å². The molecule has 0 fully saturated rings. The van der Waals surface area contributed by atoms with Crippen LogP contribution in [-0.4, -0.2) is 10.1 Å². The zero-order valence-corrected chi connectivity index (χ0v) is 13.9. The van der Waals surface area contributed by atoms with Crippen molar-refractivity contribution in [3.05, 3.63) is 84.2 Å². The molecular weight excluding hydrogens is 329 g/mol. The number of nitrogens with two attached hydrogens (primary N) is 1. The van der Waals surface area contributed by atoms with Gasteiger partial charge in [0.15, 0.2) is 0 Å². The van der Waals surface area contributed by atoms with Gasteiger partial charge in [-0.15, -0.1) is 0 Å². The van der Waals surface area contributed by atoms with E-state index in [9.17, 15) is 4.39 Å². The molecule has 0 spiro atoms. The van der Waals surface area contributed by atoms with Crippen LogP contribution in [0.2, 0.25) is 0 Å². The first-order chi connectivity index (χ1) is 12.7. The molecule has 5 heteroatoms. The van der Waals surface area contributed by atoms with Crippen LogP contribution in [0.3, 0.4) is 0 Å². The van der Waals surface area contributed by atoms with Gasteiger partial charge in [-0.05, 0) is 23.3 Å². The zero-order chi connectivity index (χ0) is 17.9. The Balaban J connectivity index is 1.64. The monoisotopic (exact) mass is 345 g/mol. The SMILES string of the molecule is NCc1ccc(-c2noc(-c3ccc(-c4ccccc4)c(F)c3)n2)cc1. The molecule has 0 aliphatic heterocycles. The topological polar surface area (TPSA) is 64.9 Å². The second kappa shape index (κ2) is 6.90. The lowest BCUT2D eigenvalue weighted by molar-refractivity contribution is 0.432. The van der Waals surface area contributed by atoms with Crippen LogP contribution in [0.15, 0.2) is 77.3 Å². The van der Waals surface area contributed by atoms with Gasteiger partial charge in [-0.1, -0.05) is 65.8 Å². The molecule has 0 amide bonds. The van der Waals surface area contributed by atoms with Crippen LogP contribution in [0.4, 0.5) is 4.39 Å². The summed E-state index contributed by atoms with van der Waals surface area (Å²) in [4.78, 5) is 4.37. The van der Waals surface area contributed by atoms with Gasteiger partial charge >= 0.3 is 0 Å². The first kappa shape index (κ1) is 16.2. The van der Waals surface area contributed by atoms with Crippen LogP contribution in [0.1, 0.15) is 5.56 Å². The van der Waals surface area contributed by atoms with Crippen LogP contribution >= 0.6 is 0 Å². The van der Waals surface area contributed by atoms with Crippen molar-refractivity contribution < 1.29 is 8.91 Å². The molecule has 1 heterocycles. The van der Waals surface area contributed by atoms with Crippen molar-refractivity contribution >= 4 is 0 Å². The predicted molar refractivity (Wildman–Crippen MR) is 98.5 cm³/mol. The Hall–Kier alpha value is -3.31. The summed E-state index contributed by atoms with van der Waals surface area (Å²) in [5.74, 6) is 0.401. The summed E-state index contributed by atoms with van der Waals surface area (Å²) >= 11 is 0. The van der Waals surface area contributed by atoms with E-state index in [0.717, 1.165) is 16.7 Å². The van der Waals surface area contributed by atoms with Crippen LogP contribution in [-0.2, 0) is 6.54 Å². The maximum atomic E-state index is 14.5. The second-order valence-electron chi connectivity index (χ2n) is 5.88. The van der Waals surface area contributed by atoms with Gasteiger partial charge in [-0.25, -0.2) is 4.39 Å². The molecule has 0 bridgehead atoms. The Bertz CT molecular complexity index is 1030. The van der Waals surface area contributed by atoms with E-state index in [0.29, 0.717) is 23.5 Å². The Morgan fingerprint density at radius 2 is 1.58 bits per heavy atom. The predicted octanol–water partition coefficient (Wildman–Crippen LogP) is 4.67. The number of aromatic nitrogens is 2. The van der Waals surface area contributed by atoms with Gasteiger partial charge in [0.25, 0.3) is 5.89 Å². The van der Waals surface area contributed by atoms with Crippen LogP contribution < -0.4 is 5.73 Å². The molecule has 0 aliphatic carbocycles. The zero-order valence-electron chi connectivity index (χ0n) is 13.9. The molecule has 0 radical (unpaired) electrons. The number of benzene rings is 3. The first-order valence-corrected chi connectivity index (χ1v) is 8.23. The van der Waals surface area contributed by atoms with Crippen molar-refractivity contribution in [1.82, 2.24) is 10.1 Å². The van der Waals surface area contributed by atoms with E-state index in [1.54, 1.807) is 12.1 Å². The summed E-state index contributed by atoms with van der Waals surface area (Å²) in [5.41, 5.74) is 9.34. The summed E-state index contributed by atoms with van der Waals surface area (Å²) in [6.07, 6.45) is 0. The largest absolute Gasteiger partial charge is 0.334 e. The van der Waals surface area contributed by atoms with Gasteiger partial charge in [-0.2, -0.15) is 4.98 Å². The van der Waals surface area contributed by atoms with E-state index < -0.39 is 0 Å². The highest BCUT2D eigenvalue weighted by molar-refractivity contribution is 5.68. The Kier molecular flexibility index (Phi) is 4.29. The van der Waals surface area contributed by atoms with E-state index in [1.807, 2.05) is 54.6 Å². The maximum absolute atomic E-state index is 14.5. The molecule has 3 aromatic carbocycles. The normalized spacial score (nSPS) is 10.8. The molecule has 2 N–H and O–H groups in total.